The Morgan fingerprint density at radius 3 is 2.24 bits per heavy atom. The van der Waals surface area contributed by atoms with Crippen molar-refractivity contribution in [2.24, 2.45) is 5.92 Å². The molecule has 0 bridgehead atoms. The lowest BCUT2D eigenvalue weighted by Crippen LogP contribution is -2.39. The second kappa shape index (κ2) is 12.3. The van der Waals surface area contributed by atoms with Gasteiger partial charge < -0.3 is 8.85 Å². The van der Waals surface area contributed by atoms with Gasteiger partial charge in [0.2, 0.25) is 0 Å². The molecule has 1 unspecified atom stereocenters. The highest BCUT2D eigenvalue weighted by Crippen LogP contribution is 2.16. The SMILES string of the molecule is CCC#CC(CC(C)C)O[Si](C)(C)OCCCCCCC. The van der Waals surface area contributed by atoms with Crippen LogP contribution in [0.25, 0.3) is 0 Å². The maximum absolute atomic E-state index is 6.22. The van der Waals surface area contributed by atoms with Crippen molar-refractivity contribution < 1.29 is 8.85 Å². The van der Waals surface area contributed by atoms with Crippen molar-refractivity contribution in [3.8, 4) is 11.8 Å². The molecule has 0 radical (unpaired) electrons. The molecule has 0 saturated carbocycles. The Morgan fingerprint density at radius 2 is 1.67 bits per heavy atom. The topological polar surface area (TPSA) is 18.5 Å². The molecule has 0 amide bonds. The standard InChI is InChI=1S/C18H36O2Si/c1-7-9-11-12-13-15-19-21(5,6)20-18(14-10-8-2)16-17(3)4/h17-18H,7-9,11-13,15-16H2,1-6H3. The van der Waals surface area contributed by atoms with Crippen molar-refractivity contribution in [3.63, 3.8) is 0 Å². The van der Waals surface area contributed by atoms with Crippen LogP contribution in [0.2, 0.25) is 13.1 Å². The summed E-state index contributed by atoms with van der Waals surface area (Å²) in [4.78, 5) is 0. The van der Waals surface area contributed by atoms with Crippen LogP contribution in [-0.4, -0.2) is 21.3 Å². The molecule has 21 heavy (non-hydrogen) atoms. The number of rotatable bonds is 11. The number of unbranched alkanes of at least 4 members (excludes halogenated alkanes) is 4. The summed E-state index contributed by atoms with van der Waals surface area (Å²) in [6.45, 7) is 13.9. The van der Waals surface area contributed by atoms with Crippen molar-refractivity contribution in [1.82, 2.24) is 0 Å². The fraction of sp³-hybridized carbons (Fsp3) is 0.889. The van der Waals surface area contributed by atoms with E-state index in [1.807, 2.05) is 0 Å². The quantitative estimate of drug-likeness (QED) is 0.284. The van der Waals surface area contributed by atoms with Gasteiger partial charge in [0, 0.05) is 13.0 Å². The lowest BCUT2D eigenvalue weighted by Gasteiger charge is -2.27. The highest BCUT2D eigenvalue weighted by molar-refractivity contribution is 6.64. The van der Waals surface area contributed by atoms with Crippen LogP contribution in [0.3, 0.4) is 0 Å². The summed E-state index contributed by atoms with van der Waals surface area (Å²) in [6, 6.07) is 0. The van der Waals surface area contributed by atoms with Gasteiger partial charge in [-0.1, -0.05) is 59.3 Å². The number of hydrogen-bond acceptors (Lipinski definition) is 2. The molecule has 0 N–H and O–H groups in total. The third-order valence-electron chi connectivity index (χ3n) is 3.25. The molecule has 0 aliphatic heterocycles. The van der Waals surface area contributed by atoms with E-state index in [4.69, 9.17) is 8.85 Å². The molecule has 0 saturated heterocycles. The Labute approximate surface area is 134 Å². The smallest absolute Gasteiger partial charge is 0.332 e. The molecule has 0 aromatic carbocycles. The monoisotopic (exact) mass is 312 g/mol. The van der Waals surface area contributed by atoms with Gasteiger partial charge in [0.1, 0.15) is 6.10 Å². The minimum Gasteiger partial charge on any atom is -0.394 e. The van der Waals surface area contributed by atoms with Gasteiger partial charge in [-0.25, -0.2) is 0 Å². The summed E-state index contributed by atoms with van der Waals surface area (Å²) in [6.07, 6.45) is 8.27. The van der Waals surface area contributed by atoms with Crippen LogP contribution in [-0.2, 0) is 8.85 Å². The van der Waals surface area contributed by atoms with Gasteiger partial charge in [-0.2, -0.15) is 0 Å². The molecule has 0 aromatic rings. The first-order chi connectivity index (χ1) is 9.91. The fourth-order valence-electron chi connectivity index (χ4n) is 2.18. The fourth-order valence-corrected chi connectivity index (χ4v) is 3.73. The Morgan fingerprint density at radius 1 is 1.00 bits per heavy atom. The summed E-state index contributed by atoms with van der Waals surface area (Å²) in [5, 5.41) is 0. The van der Waals surface area contributed by atoms with E-state index in [9.17, 15) is 0 Å². The molecule has 0 spiro atoms. The van der Waals surface area contributed by atoms with Crippen molar-refractivity contribution in [1.29, 1.82) is 0 Å². The third-order valence-corrected chi connectivity index (χ3v) is 5.00. The van der Waals surface area contributed by atoms with Gasteiger partial charge in [0.15, 0.2) is 0 Å². The van der Waals surface area contributed by atoms with Gasteiger partial charge in [-0.05, 0) is 31.9 Å². The Hall–Kier alpha value is -0.303. The second-order valence-electron chi connectivity index (χ2n) is 6.57. The zero-order chi connectivity index (χ0) is 16.1. The third kappa shape index (κ3) is 13.1. The van der Waals surface area contributed by atoms with Gasteiger partial charge in [0.25, 0.3) is 0 Å². The average Bonchev–Trinajstić information content (AvgIpc) is 2.39. The van der Waals surface area contributed by atoms with Gasteiger partial charge in [-0.3, -0.25) is 0 Å². The Balaban J connectivity index is 4.13. The van der Waals surface area contributed by atoms with Crippen molar-refractivity contribution in [3.05, 3.63) is 0 Å². The van der Waals surface area contributed by atoms with Crippen molar-refractivity contribution in [2.75, 3.05) is 6.61 Å². The van der Waals surface area contributed by atoms with Crippen LogP contribution >= 0.6 is 0 Å². The van der Waals surface area contributed by atoms with Crippen LogP contribution in [0.15, 0.2) is 0 Å². The van der Waals surface area contributed by atoms with E-state index in [-0.39, 0.29) is 6.10 Å². The predicted molar refractivity (Wildman–Crippen MR) is 94.6 cm³/mol. The second-order valence-corrected chi connectivity index (χ2v) is 9.90. The molecule has 0 fully saturated rings. The number of hydrogen-bond donors (Lipinski definition) is 0. The summed E-state index contributed by atoms with van der Waals surface area (Å²) in [5.41, 5.74) is 0. The van der Waals surface area contributed by atoms with Crippen molar-refractivity contribution in [2.45, 2.75) is 91.8 Å². The lowest BCUT2D eigenvalue weighted by molar-refractivity contribution is 0.136. The molecule has 0 aliphatic rings. The van der Waals surface area contributed by atoms with Gasteiger partial charge in [0.05, 0.1) is 0 Å². The van der Waals surface area contributed by atoms with Crippen LogP contribution in [0.5, 0.6) is 0 Å². The highest BCUT2D eigenvalue weighted by Gasteiger charge is 2.28. The van der Waals surface area contributed by atoms with E-state index in [0.29, 0.717) is 5.92 Å². The zero-order valence-corrected chi connectivity index (χ0v) is 16.1. The molecule has 0 aliphatic carbocycles. The molecule has 0 aromatic heterocycles. The van der Waals surface area contributed by atoms with Crippen molar-refractivity contribution >= 4 is 8.56 Å². The summed E-state index contributed by atoms with van der Waals surface area (Å²) in [7, 11) is -2.05. The average molecular weight is 313 g/mol. The first-order valence-electron chi connectivity index (χ1n) is 8.71. The first-order valence-corrected chi connectivity index (χ1v) is 11.5. The van der Waals surface area contributed by atoms with E-state index in [2.05, 4.69) is 52.6 Å². The predicted octanol–water partition coefficient (Wildman–Crippen LogP) is 5.52. The molecule has 0 heterocycles. The molecule has 3 heteroatoms. The van der Waals surface area contributed by atoms with E-state index >= 15 is 0 Å². The lowest BCUT2D eigenvalue weighted by atomic mass is 10.1. The van der Waals surface area contributed by atoms with Crippen LogP contribution < -0.4 is 0 Å². The van der Waals surface area contributed by atoms with Crippen LogP contribution in [0, 0.1) is 17.8 Å². The molecule has 0 rings (SSSR count). The Bertz CT molecular complexity index is 302. The molecule has 124 valence electrons. The molecular formula is C18H36O2Si. The highest BCUT2D eigenvalue weighted by atomic mass is 28.4. The van der Waals surface area contributed by atoms with E-state index < -0.39 is 8.56 Å². The molecule has 1 atom stereocenters. The van der Waals surface area contributed by atoms with Crippen LogP contribution in [0.4, 0.5) is 0 Å². The molecule has 2 nitrogen and oxygen atoms in total. The Kier molecular flexibility index (Phi) is 12.1. The van der Waals surface area contributed by atoms with E-state index in [0.717, 1.165) is 25.9 Å². The summed E-state index contributed by atoms with van der Waals surface area (Å²) < 4.78 is 12.3. The maximum Gasteiger partial charge on any atom is 0.332 e. The first kappa shape index (κ1) is 20.7. The van der Waals surface area contributed by atoms with E-state index in [1.54, 1.807) is 0 Å². The summed E-state index contributed by atoms with van der Waals surface area (Å²) in [5.74, 6) is 7.01. The normalized spacial score (nSPS) is 13.1. The zero-order valence-electron chi connectivity index (χ0n) is 15.1. The minimum atomic E-state index is -2.05. The summed E-state index contributed by atoms with van der Waals surface area (Å²) >= 11 is 0. The molecular weight excluding hydrogens is 276 g/mol. The minimum absolute atomic E-state index is 0.0340. The van der Waals surface area contributed by atoms with Gasteiger partial charge in [-0.15, -0.1) is 5.92 Å². The van der Waals surface area contributed by atoms with Crippen LogP contribution in [0.1, 0.15) is 72.6 Å². The van der Waals surface area contributed by atoms with Gasteiger partial charge >= 0.3 is 8.56 Å². The largest absolute Gasteiger partial charge is 0.394 e. The van der Waals surface area contributed by atoms with E-state index in [1.165, 1.54) is 25.7 Å². The maximum atomic E-state index is 6.22.